The lowest BCUT2D eigenvalue weighted by molar-refractivity contribution is -0.112. The smallest absolute Gasteiger partial charge is 0.268 e. The first kappa shape index (κ1) is 21.6. The lowest BCUT2D eigenvalue weighted by atomic mass is 10.1. The van der Waals surface area contributed by atoms with Crippen LogP contribution in [-0.4, -0.2) is 16.1 Å². The van der Waals surface area contributed by atoms with Gasteiger partial charge in [0.15, 0.2) is 5.09 Å². The molecule has 4 rings (SSSR count). The van der Waals surface area contributed by atoms with E-state index in [0.29, 0.717) is 21.0 Å². The molecule has 1 N–H and O–H groups in total. The van der Waals surface area contributed by atoms with Crippen molar-refractivity contribution in [1.29, 1.82) is 5.26 Å². The van der Waals surface area contributed by atoms with Crippen LogP contribution in [0, 0.1) is 25.2 Å². The van der Waals surface area contributed by atoms with Gasteiger partial charge < -0.3 is 4.42 Å². The maximum Gasteiger partial charge on any atom is 0.268 e. The number of carbonyl (C=O) groups excluding carboxylic acids is 1. The quantitative estimate of drug-likeness (QED) is 0.277. The summed E-state index contributed by atoms with van der Waals surface area (Å²) in [6.07, 6.45) is 1.41. The second-order valence-corrected chi connectivity index (χ2v) is 8.98. The van der Waals surface area contributed by atoms with E-state index in [1.54, 1.807) is 6.07 Å². The molecule has 2 aromatic carbocycles. The summed E-state index contributed by atoms with van der Waals surface area (Å²) in [6.45, 7) is 4.02. The van der Waals surface area contributed by atoms with E-state index >= 15 is 0 Å². The standard InChI is InChI=1S/C24H18N4O2S2/c1-15-7-10-19(11-8-15)31-21-12-9-18(30-21)13-17(14-25)22(29)26-24-28-27-23(32-24)20-6-4-3-5-16(20)2/h3-13H,1-2H3,(H,26,28,29). The van der Waals surface area contributed by atoms with Gasteiger partial charge >= 0.3 is 0 Å². The van der Waals surface area contributed by atoms with E-state index in [-0.39, 0.29) is 5.57 Å². The number of benzene rings is 2. The van der Waals surface area contributed by atoms with Gasteiger partial charge in [0.2, 0.25) is 5.13 Å². The number of aromatic nitrogens is 2. The van der Waals surface area contributed by atoms with Crippen LogP contribution in [0.2, 0.25) is 0 Å². The lowest BCUT2D eigenvalue weighted by Gasteiger charge is -2.00. The summed E-state index contributed by atoms with van der Waals surface area (Å²) in [4.78, 5) is 13.6. The van der Waals surface area contributed by atoms with Gasteiger partial charge in [-0.2, -0.15) is 5.26 Å². The number of amides is 1. The molecule has 32 heavy (non-hydrogen) atoms. The second-order valence-electron chi connectivity index (χ2n) is 6.92. The Bertz CT molecular complexity index is 1330. The monoisotopic (exact) mass is 458 g/mol. The number of nitriles is 1. The Kier molecular flexibility index (Phi) is 6.50. The Hall–Kier alpha value is -3.67. The molecule has 0 aliphatic carbocycles. The first-order valence-electron chi connectivity index (χ1n) is 9.69. The molecule has 1 amide bonds. The molecular formula is C24H18N4O2S2. The lowest BCUT2D eigenvalue weighted by Crippen LogP contribution is -2.13. The summed E-state index contributed by atoms with van der Waals surface area (Å²) < 4.78 is 5.76. The van der Waals surface area contributed by atoms with Crippen molar-refractivity contribution in [3.8, 4) is 16.6 Å². The Labute approximate surface area is 193 Å². The number of aryl methyl sites for hydroxylation is 2. The molecule has 0 saturated carbocycles. The van der Waals surface area contributed by atoms with E-state index in [1.165, 1.54) is 34.7 Å². The molecule has 0 radical (unpaired) electrons. The highest BCUT2D eigenvalue weighted by atomic mass is 32.2. The number of nitrogens with zero attached hydrogens (tertiary/aromatic N) is 3. The highest BCUT2D eigenvalue weighted by Crippen LogP contribution is 2.31. The molecule has 158 valence electrons. The summed E-state index contributed by atoms with van der Waals surface area (Å²) in [7, 11) is 0. The predicted octanol–water partition coefficient (Wildman–Crippen LogP) is 6.11. The number of hydrogen-bond acceptors (Lipinski definition) is 7. The fourth-order valence-electron chi connectivity index (χ4n) is 2.84. The number of carbonyl (C=O) groups is 1. The molecular weight excluding hydrogens is 440 g/mol. The van der Waals surface area contributed by atoms with E-state index in [0.717, 1.165) is 16.0 Å². The molecule has 2 aromatic heterocycles. The molecule has 0 spiro atoms. The Morgan fingerprint density at radius 1 is 1.09 bits per heavy atom. The second kappa shape index (κ2) is 9.64. The van der Waals surface area contributed by atoms with E-state index in [1.807, 2.05) is 74.5 Å². The van der Waals surface area contributed by atoms with Crippen LogP contribution in [0.1, 0.15) is 16.9 Å². The van der Waals surface area contributed by atoms with Crippen molar-refractivity contribution < 1.29 is 9.21 Å². The van der Waals surface area contributed by atoms with E-state index < -0.39 is 5.91 Å². The number of rotatable bonds is 6. The summed E-state index contributed by atoms with van der Waals surface area (Å²) in [5.74, 6) is -0.145. The van der Waals surface area contributed by atoms with Crippen molar-refractivity contribution >= 4 is 40.2 Å². The minimum absolute atomic E-state index is 0.0844. The third kappa shape index (κ3) is 5.14. The number of anilines is 1. The molecule has 6 nitrogen and oxygen atoms in total. The van der Waals surface area contributed by atoms with Gasteiger partial charge in [0.05, 0.1) is 0 Å². The molecule has 0 saturated heterocycles. The van der Waals surface area contributed by atoms with Gasteiger partial charge in [-0.05, 0) is 43.7 Å². The predicted molar refractivity (Wildman–Crippen MR) is 126 cm³/mol. The largest absolute Gasteiger partial charge is 0.450 e. The van der Waals surface area contributed by atoms with Gasteiger partial charge in [-0.1, -0.05) is 65.1 Å². The molecule has 0 aliphatic heterocycles. The van der Waals surface area contributed by atoms with E-state index in [2.05, 4.69) is 15.5 Å². The maximum atomic E-state index is 12.6. The minimum Gasteiger partial charge on any atom is -0.450 e. The van der Waals surface area contributed by atoms with Gasteiger partial charge in [0.1, 0.15) is 22.4 Å². The van der Waals surface area contributed by atoms with Crippen LogP contribution in [0.3, 0.4) is 0 Å². The number of hydrogen-bond donors (Lipinski definition) is 1. The molecule has 0 unspecified atom stereocenters. The summed E-state index contributed by atoms with van der Waals surface area (Å²) in [5.41, 5.74) is 3.12. The molecule has 4 aromatic rings. The van der Waals surface area contributed by atoms with Crippen LogP contribution in [0.25, 0.3) is 16.6 Å². The van der Waals surface area contributed by atoms with Crippen molar-refractivity contribution in [3.05, 3.63) is 83.1 Å². The van der Waals surface area contributed by atoms with Crippen molar-refractivity contribution in [2.24, 2.45) is 0 Å². The normalized spacial score (nSPS) is 11.2. The number of furan rings is 1. The third-order valence-electron chi connectivity index (χ3n) is 4.51. The van der Waals surface area contributed by atoms with Crippen LogP contribution in [0.15, 0.2) is 80.6 Å². The van der Waals surface area contributed by atoms with Crippen LogP contribution < -0.4 is 5.32 Å². The average molecular weight is 459 g/mol. The first-order chi connectivity index (χ1) is 15.5. The third-order valence-corrected chi connectivity index (χ3v) is 6.31. The summed E-state index contributed by atoms with van der Waals surface area (Å²) in [6, 6.07) is 21.4. The summed E-state index contributed by atoms with van der Waals surface area (Å²) >= 11 is 2.72. The van der Waals surface area contributed by atoms with E-state index in [4.69, 9.17) is 4.42 Å². The zero-order valence-electron chi connectivity index (χ0n) is 17.3. The van der Waals surface area contributed by atoms with Crippen LogP contribution >= 0.6 is 23.1 Å². The van der Waals surface area contributed by atoms with Crippen molar-refractivity contribution in [2.45, 2.75) is 23.8 Å². The van der Waals surface area contributed by atoms with Crippen LogP contribution in [0.4, 0.5) is 5.13 Å². The van der Waals surface area contributed by atoms with Gasteiger partial charge in [-0.25, -0.2) is 0 Å². The Balaban J connectivity index is 1.45. The molecule has 0 atom stereocenters. The number of nitrogens with one attached hydrogen (secondary N) is 1. The van der Waals surface area contributed by atoms with Gasteiger partial charge in [0, 0.05) is 16.5 Å². The van der Waals surface area contributed by atoms with E-state index in [9.17, 15) is 10.1 Å². The zero-order chi connectivity index (χ0) is 22.5. The molecule has 2 heterocycles. The topological polar surface area (TPSA) is 91.8 Å². The Morgan fingerprint density at radius 3 is 2.62 bits per heavy atom. The SMILES string of the molecule is Cc1ccc(Sc2ccc(C=C(C#N)C(=O)Nc3nnc(-c4ccccc4C)s3)o2)cc1. The van der Waals surface area contributed by atoms with Gasteiger partial charge in [-0.15, -0.1) is 10.2 Å². The van der Waals surface area contributed by atoms with Crippen molar-refractivity contribution in [1.82, 2.24) is 10.2 Å². The van der Waals surface area contributed by atoms with Crippen LogP contribution in [-0.2, 0) is 4.79 Å². The first-order valence-corrected chi connectivity index (χ1v) is 11.3. The molecule has 0 aliphatic rings. The fraction of sp³-hybridized carbons (Fsp3) is 0.0833. The van der Waals surface area contributed by atoms with Crippen LogP contribution in [0.5, 0.6) is 0 Å². The average Bonchev–Trinajstić information content (AvgIpc) is 3.43. The highest BCUT2D eigenvalue weighted by Gasteiger charge is 2.15. The summed E-state index contributed by atoms with van der Waals surface area (Å²) in [5, 5.41) is 22.0. The van der Waals surface area contributed by atoms with Crippen molar-refractivity contribution in [2.75, 3.05) is 5.32 Å². The molecule has 0 bridgehead atoms. The molecule has 8 heteroatoms. The fourth-order valence-corrected chi connectivity index (χ4v) is 4.45. The Morgan fingerprint density at radius 2 is 1.88 bits per heavy atom. The zero-order valence-corrected chi connectivity index (χ0v) is 19.0. The maximum absolute atomic E-state index is 12.6. The minimum atomic E-state index is -0.566. The van der Waals surface area contributed by atoms with Gasteiger partial charge in [0.25, 0.3) is 5.91 Å². The van der Waals surface area contributed by atoms with Crippen molar-refractivity contribution in [3.63, 3.8) is 0 Å². The highest BCUT2D eigenvalue weighted by molar-refractivity contribution is 7.99. The van der Waals surface area contributed by atoms with Gasteiger partial charge in [-0.3, -0.25) is 10.1 Å². The molecule has 0 fully saturated rings.